The van der Waals surface area contributed by atoms with Crippen molar-refractivity contribution < 1.29 is 0 Å². The van der Waals surface area contributed by atoms with Crippen LogP contribution in [0.5, 0.6) is 0 Å². The molecule has 5 nitrogen and oxygen atoms in total. The quantitative estimate of drug-likeness (QED) is 0.601. The van der Waals surface area contributed by atoms with Gasteiger partial charge >= 0.3 is 0 Å². The monoisotopic (exact) mass is 409 g/mol. The van der Waals surface area contributed by atoms with E-state index in [-0.39, 0.29) is 0 Å². The molecule has 0 aliphatic carbocycles. The van der Waals surface area contributed by atoms with E-state index in [1.165, 1.54) is 5.56 Å². The minimum Gasteiger partial charge on any atom is -0.356 e. The van der Waals surface area contributed by atoms with Crippen LogP contribution in [0.25, 0.3) is 10.9 Å². The third kappa shape index (κ3) is 4.46. The highest BCUT2D eigenvalue weighted by Gasteiger charge is 2.21. The Morgan fingerprint density at radius 2 is 1.59 bits per heavy atom. The molecule has 0 saturated carbocycles. The summed E-state index contributed by atoms with van der Waals surface area (Å²) in [6, 6.07) is 16.5. The van der Waals surface area contributed by atoms with E-state index in [1.807, 2.05) is 12.1 Å². The van der Waals surface area contributed by atoms with Gasteiger partial charge in [-0.2, -0.15) is 4.98 Å². The lowest BCUT2D eigenvalue weighted by Gasteiger charge is -2.35. The van der Waals surface area contributed by atoms with Gasteiger partial charge in [0.25, 0.3) is 0 Å². The number of piperazine rings is 1. The number of fused-ring (bicyclic) bond motifs is 1. The second-order valence-electron chi connectivity index (χ2n) is 7.43. The van der Waals surface area contributed by atoms with Crippen molar-refractivity contribution in [2.45, 2.75) is 20.4 Å². The van der Waals surface area contributed by atoms with E-state index in [4.69, 9.17) is 21.6 Å². The molecule has 6 heteroatoms. The fourth-order valence-electron chi connectivity index (χ4n) is 3.91. The summed E-state index contributed by atoms with van der Waals surface area (Å²) in [6.07, 6.45) is 0. The minimum atomic E-state index is 0.788. The zero-order valence-corrected chi connectivity index (χ0v) is 17.9. The average molecular weight is 410 g/mol. The van der Waals surface area contributed by atoms with Gasteiger partial charge in [0.15, 0.2) is 0 Å². The van der Waals surface area contributed by atoms with Crippen molar-refractivity contribution in [2.75, 3.05) is 49.1 Å². The van der Waals surface area contributed by atoms with E-state index < -0.39 is 0 Å². The number of benzene rings is 2. The number of halogens is 1. The molecule has 2 aromatic carbocycles. The SMILES string of the molecule is CCN(CC)c1nc(N2CCN(Cc3ccc(Cl)cc3)CC2)nc2ccccc12. The highest BCUT2D eigenvalue weighted by atomic mass is 35.5. The van der Waals surface area contributed by atoms with Gasteiger partial charge in [-0.25, -0.2) is 4.98 Å². The highest BCUT2D eigenvalue weighted by Crippen LogP contribution is 2.27. The predicted octanol–water partition coefficient (Wildman–Crippen LogP) is 4.45. The van der Waals surface area contributed by atoms with Gasteiger partial charge < -0.3 is 9.80 Å². The Hall–Kier alpha value is -2.37. The van der Waals surface area contributed by atoms with Crippen LogP contribution >= 0.6 is 11.6 Å². The van der Waals surface area contributed by atoms with Crippen molar-refractivity contribution in [1.82, 2.24) is 14.9 Å². The molecule has 1 aromatic heterocycles. The zero-order valence-electron chi connectivity index (χ0n) is 17.2. The maximum atomic E-state index is 6.00. The normalized spacial score (nSPS) is 15.1. The number of hydrogen-bond acceptors (Lipinski definition) is 5. The van der Waals surface area contributed by atoms with Gasteiger partial charge in [-0.1, -0.05) is 35.9 Å². The number of hydrogen-bond donors (Lipinski definition) is 0. The van der Waals surface area contributed by atoms with Gasteiger partial charge in [0.2, 0.25) is 5.95 Å². The summed E-state index contributed by atoms with van der Waals surface area (Å²) in [5, 5.41) is 1.91. The lowest BCUT2D eigenvalue weighted by atomic mass is 10.2. The first kappa shape index (κ1) is 19.9. The molecule has 0 unspecified atom stereocenters. The van der Waals surface area contributed by atoms with E-state index in [9.17, 15) is 0 Å². The smallest absolute Gasteiger partial charge is 0.227 e. The van der Waals surface area contributed by atoms with Crippen molar-refractivity contribution >= 4 is 34.3 Å². The summed E-state index contributed by atoms with van der Waals surface area (Å²) in [7, 11) is 0. The van der Waals surface area contributed by atoms with Crippen LogP contribution in [0.4, 0.5) is 11.8 Å². The van der Waals surface area contributed by atoms with Gasteiger partial charge in [0.05, 0.1) is 5.52 Å². The topological polar surface area (TPSA) is 35.5 Å². The Morgan fingerprint density at radius 1 is 0.897 bits per heavy atom. The summed E-state index contributed by atoms with van der Waals surface area (Å²) < 4.78 is 0. The van der Waals surface area contributed by atoms with Crippen LogP contribution in [0.1, 0.15) is 19.4 Å². The van der Waals surface area contributed by atoms with Crippen molar-refractivity contribution in [3.8, 4) is 0 Å². The fourth-order valence-corrected chi connectivity index (χ4v) is 4.03. The molecule has 3 aromatic rings. The fraction of sp³-hybridized carbons (Fsp3) is 0.391. The van der Waals surface area contributed by atoms with Crippen LogP contribution < -0.4 is 9.80 Å². The number of rotatable bonds is 6. The van der Waals surface area contributed by atoms with Gasteiger partial charge in [-0.3, -0.25) is 4.90 Å². The molecule has 1 saturated heterocycles. The van der Waals surface area contributed by atoms with Crippen LogP contribution in [0.2, 0.25) is 5.02 Å². The standard InChI is InChI=1S/C23H28ClN5/c1-3-28(4-2)22-20-7-5-6-8-21(20)25-23(26-22)29-15-13-27(14-16-29)17-18-9-11-19(24)12-10-18/h5-12H,3-4,13-17H2,1-2H3. The molecular formula is C23H28ClN5. The van der Waals surface area contributed by atoms with Crippen molar-refractivity contribution in [1.29, 1.82) is 0 Å². The van der Waals surface area contributed by atoms with E-state index >= 15 is 0 Å². The predicted molar refractivity (Wildman–Crippen MR) is 122 cm³/mol. The van der Waals surface area contributed by atoms with Crippen LogP contribution in [-0.4, -0.2) is 54.1 Å². The summed E-state index contributed by atoms with van der Waals surface area (Å²) in [5.74, 6) is 1.89. The van der Waals surface area contributed by atoms with E-state index in [2.05, 4.69) is 64.9 Å². The van der Waals surface area contributed by atoms with Gasteiger partial charge in [0, 0.05) is 56.2 Å². The van der Waals surface area contributed by atoms with Gasteiger partial charge in [-0.05, 0) is 43.7 Å². The maximum Gasteiger partial charge on any atom is 0.227 e. The summed E-state index contributed by atoms with van der Waals surface area (Å²) in [6.45, 7) is 11.0. The van der Waals surface area contributed by atoms with Crippen LogP contribution in [0.3, 0.4) is 0 Å². The largest absolute Gasteiger partial charge is 0.356 e. The molecule has 0 radical (unpaired) electrons. The van der Waals surface area contributed by atoms with Gasteiger partial charge in [0.1, 0.15) is 5.82 Å². The second kappa shape index (κ2) is 8.97. The number of nitrogens with zero attached hydrogens (tertiary/aromatic N) is 5. The molecule has 0 bridgehead atoms. The molecule has 1 aliphatic rings. The molecule has 0 N–H and O–H groups in total. The van der Waals surface area contributed by atoms with Crippen LogP contribution in [-0.2, 0) is 6.54 Å². The average Bonchev–Trinajstić information content (AvgIpc) is 2.76. The molecule has 2 heterocycles. The van der Waals surface area contributed by atoms with Crippen molar-refractivity contribution in [3.05, 3.63) is 59.1 Å². The summed E-state index contributed by atoms with van der Waals surface area (Å²) in [5.41, 5.74) is 2.32. The summed E-state index contributed by atoms with van der Waals surface area (Å²) in [4.78, 5) is 17.0. The lowest BCUT2D eigenvalue weighted by Crippen LogP contribution is -2.46. The van der Waals surface area contributed by atoms with E-state index in [0.29, 0.717) is 0 Å². The van der Waals surface area contributed by atoms with E-state index in [0.717, 1.165) is 73.5 Å². The molecule has 4 rings (SSSR count). The molecule has 0 atom stereocenters. The first-order valence-electron chi connectivity index (χ1n) is 10.4. The number of aromatic nitrogens is 2. The third-order valence-corrected chi connectivity index (χ3v) is 5.86. The lowest BCUT2D eigenvalue weighted by molar-refractivity contribution is 0.249. The first-order valence-corrected chi connectivity index (χ1v) is 10.8. The molecule has 0 spiro atoms. The van der Waals surface area contributed by atoms with Crippen molar-refractivity contribution in [2.24, 2.45) is 0 Å². The Balaban J connectivity index is 1.51. The molecule has 1 aliphatic heterocycles. The Kier molecular flexibility index (Phi) is 6.16. The Morgan fingerprint density at radius 3 is 2.28 bits per heavy atom. The summed E-state index contributed by atoms with van der Waals surface area (Å²) >= 11 is 6.00. The highest BCUT2D eigenvalue weighted by molar-refractivity contribution is 6.30. The molecule has 152 valence electrons. The van der Waals surface area contributed by atoms with E-state index in [1.54, 1.807) is 0 Å². The van der Waals surface area contributed by atoms with Crippen LogP contribution in [0.15, 0.2) is 48.5 Å². The number of anilines is 2. The first-order chi connectivity index (χ1) is 14.2. The maximum absolute atomic E-state index is 6.00. The Bertz CT molecular complexity index is 947. The number of para-hydroxylation sites is 1. The van der Waals surface area contributed by atoms with Crippen LogP contribution in [0, 0.1) is 0 Å². The Labute approximate surface area is 177 Å². The zero-order chi connectivity index (χ0) is 20.2. The molecule has 29 heavy (non-hydrogen) atoms. The second-order valence-corrected chi connectivity index (χ2v) is 7.86. The molecule has 1 fully saturated rings. The van der Waals surface area contributed by atoms with Gasteiger partial charge in [-0.15, -0.1) is 0 Å². The molecular weight excluding hydrogens is 382 g/mol. The molecule has 0 amide bonds. The minimum absolute atomic E-state index is 0.788. The third-order valence-electron chi connectivity index (χ3n) is 5.61. The van der Waals surface area contributed by atoms with Crippen molar-refractivity contribution in [3.63, 3.8) is 0 Å².